The average molecular weight is 245 g/mol. The van der Waals surface area contributed by atoms with E-state index < -0.39 is 0 Å². The molecule has 0 saturated heterocycles. The first-order valence-corrected chi connectivity index (χ1v) is 7.20. The number of hydrogen-bond acceptors (Lipinski definition) is 2. The minimum absolute atomic E-state index is 0.715. The van der Waals surface area contributed by atoms with Crippen molar-refractivity contribution in [1.29, 1.82) is 0 Å². The van der Waals surface area contributed by atoms with Gasteiger partial charge in [-0.2, -0.15) is 0 Å². The van der Waals surface area contributed by atoms with Crippen LogP contribution in [0.2, 0.25) is 0 Å². The van der Waals surface area contributed by atoms with E-state index in [0.717, 1.165) is 24.9 Å². The van der Waals surface area contributed by atoms with Gasteiger partial charge in [0.05, 0.1) is 6.61 Å². The minimum atomic E-state index is 0.715. The maximum atomic E-state index is 5.19. The molecule has 0 spiro atoms. The lowest BCUT2D eigenvalue weighted by atomic mass is 9.94. The summed E-state index contributed by atoms with van der Waals surface area (Å²) in [5, 5.41) is 3.79. The maximum absolute atomic E-state index is 5.19. The first-order chi connectivity index (χ1) is 8.86. The van der Waals surface area contributed by atoms with Gasteiger partial charge >= 0.3 is 0 Å². The fraction of sp³-hybridized carbons (Fsp3) is 0.625. The zero-order valence-corrected chi connectivity index (χ0v) is 11.2. The van der Waals surface area contributed by atoms with E-state index in [4.69, 9.17) is 4.74 Å². The molecule has 2 aliphatic carbocycles. The first kappa shape index (κ1) is 12.0. The molecule has 0 amide bonds. The predicted molar refractivity (Wildman–Crippen MR) is 74.9 cm³/mol. The van der Waals surface area contributed by atoms with Gasteiger partial charge in [-0.15, -0.1) is 0 Å². The van der Waals surface area contributed by atoms with E-state index in [0.29, 0.717) is 6.04 Å². The van der Waals surface area contributed by atoms with Crippen LogP contribution in [-0.4, -0.2) is 19.8 Å². The molecule has 3 rings (SSSR count). The van der Waals surface area contributed by atoms with Crippen molar-refractivity contribution in [3.63, 3.8) is 0 Å². The molecule has 0 aromatic heterocycles. The third kappa shape index (κ3) is 2.39. The van der Waals surface area contributed by atoms with Crippen LogP contribution >= 0.6 is 0 Å². The van der Waals surface area contributed by atoms with Gasteiger partial charge in [0.1, 0.15) is 0 Å². The van der Waals surface area contributed by atoms with Gasteiger partial charge in [0, 0.05) is 18.8 Å². The first-order valence-electron chi connectivity index (χ1n) is 7.20. The van der Waals surface area contributed by atoms with Gasteiger partial charge in [0.15, 0.2) is 0 Å². The Morgan fingerprint density at radius 3 is 2.83 bits per heavy atom. The quantitative estimate of drug-likeness (QED) is 0.857. The highest BCUT2D eigenvalue weighted by molar-refractivity contribution is 5.52. The molecule has 2 aliphatic rings. The largest absolute Gasteiger partial charge is 0.384 e. The molecule has 3 unspecified atom stereocenters. The summed E-state index contributed by atoms with van der Waals surface area (Å²) >= 11 is 0. The van der Waals surface area contributed by atoms with Crippen molar-refractivity contribution < 1.29 is 4.74 Å². The Labute approximate surface area is 110 Å². The molecule has 2 nitrogen and oxygen atoms in total. The van der Waals surface area contributed by atoms with E-state index >= 15 is 0 Å². The molecular formula is C16H23NO. The van der Waals surface area contributed by atoms with Crippen molar-refractivity contribution in [3.05, 3.63) is 29.8 Å². The van der Waals surface area contributed by atoms with E-state index in [2.05, 4.69) is 29.6 Å². The second kappa shape index (κ2) is 5.31. The zero-order valence-electron chi connectivity index (χ0n) is 11.2. The van der Waals surface area contributed by atoms with E-state index in [9.17, 15) is 0 Å². The minimum Gasteiger partial charge on any atom is -0.384 e. The number of nitrogens with one attached hydrogen (secondary N) is 1. The second-order valence-corrected chi connectivity index (χ2v) is 5.83. The summed E-state index contributed by atoms with van der Waals surface area (Å²) in [6.45, 7) is 0.801. The fourth-order valence-electron chi connectivity index (χ4n) is 3.71. The van der Waals surface area contributed by atoms with Gasteiger partial charge in [0.25, 0.3) is 0 Å². The molecule has 2 heteroatoms. The molecule has 18 heavy (non-hydrogen) atoms. The number of rotatable bonds is 5. The van der Waals surface area contributed by atoms with E-state index in [-0.39, 0.29) is 0 Å². The van der Waals surface area contributed by atoms with Gasteiger partial charge in [-0.1, -0.05) is 24.6 Å². The lowest BCUT2D eigenvalue weighted by Crippen LogP contribution is -2.26. The molecule has 0 radical (unpaired) electrons. The van der Waals surface area contributed by atoms with Crippen molar-refractivity contribution in [3.8, 4) is 0 Å². The molecule has 1 aromatic carbocycles. The van der Waals surface area contributed by atoms with Crippen LogP contribution in [0.5, 0.6) is 0 Å². The van der Waals surface area contributed by atoms with Crippen molar-refractivity contribution in [2.24, 2.45) is 11.8 Å². The Morgan fingerprint density at radius 1 is 1.22 bits per heavy atom. The van der Waals surface area contributed by atoms with Crippen molar-refractivity contribution in [2.45, 2.75) is 38.1 Å². The normalized spacial score (nSPS) is 29.7. The third-order valence-corrected chi connectivity index (χ3v) is 4.67. The van der Waals surface area contributed by atoms with Crippen LogP contribution in [0.15, 0.2) is 24.3 Å². The summed E-state index contributed by atoms with van der Waals surface area (Å²) in [4.78, 5) is 0. The van der Waals surface area contributed by atoms with Crippen molar-refractivity contribution >= 4 is 5.69 Å². The lowest BCUT2D eigenvalue weighted by Gasteiger charge is -2.25. The number of fused-ring (bicyclic) bond motifs is 2. The van der Waals surface area contributed by atoms with Crippen LogP contribution < -0.4 is 5.32 Å². The summed E-state index contributed by atoms with van der Waals surface area (Å²) in [5.74, 6) is 1.92. The van der Waals surface area contributed by atoms with Crippen LogP contribution in [0.3, 0.4) is 0 Å². The molecular weight excluding hydrogens is 222 g/mol. The summed E-state index contributed by atoms with van der Waals surface area (Å²) < 4.78 is 5.19. The van der Waals surface area contributed by atoms with Crippen molar-refractivity contribution in [1.82, 2.24) is 0 Å². The van der Waals surface area contributed by atoms with Crippen LogP contribution in [0.25, 0.3) is 0 Å². The zero-order chi connectivity index (χ0) is 12.4. The van der Waals surface area contributed by atoms with E-state index in [1.54, 1.807) is 7.11 Å². The van der Waals surface area contributed by atoms with Gasteiger partial charge in [0.2, 0.25) is 0 Å². The third-order valence-electron chi connectivity index (χ3n) is 4.67. The Bertz CT molecular complexity index is 404. The molecule has 2 bridgehead atoms. The van der Waals surface area contributed by atoms with Gasteiger partial charge in [-0.25, -0.2) is 0 Å². The van der Waals surface area contributed by atoms with Crippen LogP contribution in [0.1, 0.15) is 31.2 Å². The van der Waals surface area contributed by atoms with E-state index in [1.807, 2.05) is 0 Å². The SMILES string of the molecule is COCCc1ccccc1NC1CC2CCC1C2. The number of methoxy groups -OCH3 is 1. The van der Waals surface area contributed by atoms with Crippen LogP contribution in [0, 0.1) is 11.8 Å². The smallest absolute Gasteiger partial charge is 0.0503 e. The highest BCUT2D eigenvalue weighted by Crippen LogP contribution is 2.45. The summed E-state index contributed by atoms with van der Waals surface area (Å²) in [5.41, 5.74) is 2.72. The van der Waals surface area contributed by atoms with Gasteiger partial charge < -0.3 is 10.1 Å². The number of hydrogen-bond donors (Lipinski definition) is 1. The predicted octanol–water partition coefficient (Wildman–Crippen LogP) is 3.48. The van der Waals surface area contributed by atoms with Crippen molar-refractivity contribution in [2.75, 3.05) is 19.0 Å². The van der Waals surface area contributed by atoms with Gasteiger partial charge in [-0.05, 0) is 49.1 Å². The average Bonchev–Trinajstić information content (AvgIpc) is 3.00. The van der Waals surface area contributed by atoms with Crippen LogP contribution in [-0.2, 0) is 11.2 Å². The maximum Gasteiger partial charge on any atom is 0.0503 e. The monoisotopic (exact) mass is 245 g/mol. The van der Waals surface area contributed by atoms with Gasteiger partial charge in [-0.3, -0.25) is 0 Å². The molecule has 3 atom stereocenters. The Kier molecular flexibility index (Phi) is 3.55. The molecule has 0 aliphatic heterocycles. The highest BCUT2D eigenvalue weighted by atomic mass is 16.5. The number of anilines is 1. The molecule has 98 valence electrons. The second-order valence-electron chi connectivity index (χ2n) is 5.83. The number of para-hydroxylation sites is 1. The van der Waals surface area contributed by atoms with E-state index in [1.165, 1.54) is 36.9 Å². The van der Waals surface area contributed by atoms with Crippen LogP contribution in [0.4, 0.5) is 5.69 Å². The molecule has 0 heterocycles. The number of benzene rings is 1. The number of ether oxygens (including phenoxy) is 1. The summed E-state index contributed by atoms with van der Waals surface area (Å²) in [6.07, 6.45) is 6.73. The fourth-order valence-corrected chi connectivity index (χ4v) is 3.71. The Balaban J connectivity index is 1.68. The topological polar surface area (TPSA) is 21.3 Å². The Hall–Kier alpha value is -1.02. The summed E-state index contributed by atoms with van der Waals surface area (Å²) in [6, 6.07) is 9.40. The molecule has 1 aromatic rings. The summed E-state index contributed by atoms with van der Waals surface area (Å²) in [7, 11) is 1.77. The standard InChI is InChI=1S/C16H23NO/c1-18-9-8-13-4-2-3-5-15(13)17-16-11-12-6-7-14(16)10-12/h2-5,12,14,16-17H,6-11H2,1H3. The molecule has 1 N–H and O–H groups in total. The molecule has 2 fully saturated rings. The highest BCUT2D eigenvalue weighted by Gasteiger charge is 2.39. The molecule has 2 saturated carbocycles. The lowest BCUT2D eigenvalue weighted by molar-refractivity contribution is 0.202. The Morgan fingerprint density at radius 2 is 2.11 bits per heavy atom.